The Morgan fingerprint density at radius 2 is 1.90 bits per heavy atom. The van der Waals surface area contributed by atoms with Gasteiger partial charge in [0.1, 0.15) is 5.60 Å². The molecule has 0 N–H and O–H groups in total. The van der Waals surface area contributed by atoms with Crippen molar-refractivity contribution in [3.8, 4) is 5.75 Å². The van der Waals surface area contributed by atoms with Gasteiger partial charge in [-0.2, -0.15) is 0 Å². The van der Waals surface area contributed by atoms with Crippen LogP contribution < -0.4 is 4.74 Å². The Morgan fingerprint density at radius 3 is 2.35 bits per heavy atom. The maximum absolute atomic E-state index is 11.9. The van der Waals surface area contributed by atoms with Crippen LogP contribution in [0.15, 0.2) is 18.2 Å². The fraction of sp³-hybridized carbons (Fsp3) is 0.500. The summed E-state index contributed by atoms with van der Waals surface area (Å²) in [5, 5.41) is 10.9. The fourth-order valence-corrected chi connectivity index (χ4v) is 1.48. The van der Waals surface area contributed by atoms with Gasteiger partial charge in [0.25, 0.3) is 0 Å². The smallest absolute Gasteiger partial charge is 0.338 e. The highest BCUT2D eigenvalue weighted by atomic mass is 16.6. The largest absolute Gasteiger partial charge is 0.484 e. The zero-order chi connectivity index (χ0) is 15.5. The van der Waals surface area contributed by atoms with Crippen molar-refractivity contribution < 1.29 is 19.2 Å². The monoisotopic (exact) mass is 281 g/mol. The first-order valence-corrected chi connectivity index (χ1v) is 6.28. The molecule has 0 saturated heterocycles. The molecule has 0 fully saturated rings. The third kappa shape index (κ3) is 4.53. The summed E-state index contributed by atoms with van der Waals surface area (Å²) in [5.74, 6) is -0.477. The Balaban J connectivity index is 3.12. The van der Waals surface area contributed by atoms with Gasteiger partial charge in [0.2, 0.25) is 0 Å². The molecule has 0 radical (unpaired) electrons. The molecular weight excluding hydrogens is 262 g/mol. The predicted octanol–water partition coefficient (Wildman–Crippen LogP) is 3.34. The number of nitrogens with zero attached hydrogens (tertiary/aromatic N) is 1. The van der Waals surface area contributed by atoms with E-state index in [-0.39, 0.29) is 23.1 Å². The van der Waals surface area contributed by atoms with Gasteiger partial charge in [0.05, 0.1) is 16.6 Å². The molecule has 110 valence electrons. The Bertz CT molecular complexity index is 517. The molecule has 0 aromatic heterocycles. The van der Waals surface area contributed by atoms with E-state index in [9.17, 15) is 14.9 Å². The highest BCUT2D eigenvalue weighted by Gasteiger charge is 2.22. The molecule has 6 heteroatoms. The van der Waals surface area contributed by atoms with Crippen LogP contribution in [0, 0.1) is 10.1 Å². The number of nitro benzene ring substituents is 1. The van der Waals surface area contributed by atoms with Crippen LogP contribution in [0.3, 0.4) is 0 Å². The van der Waals surface area contributed by atoms with Gasteiger partial charge in [-0.25, -0.2) is 4.79 Å². The quantitative estimate of drug-likeness (QED) is 0.480. The second-order valence-electron chi connectivity index (χ2n) is 5.61. The molecule has 1 rings (SSSR count). The summed E-state index contributed by atoms with van der Waals surface area (Å²) in [6.45, 7) is 8.76. The van der Waals surface area contributed by atoms with Crippen molar-refractivity contribution >= 4 is 11.7 Å². The summed E-state index contributed by atoms with van der Waals surface area (Å²) >= 11 is 0. The summed E-state index contributed by atoms with van der Waals surface area (Å²) in [5.41, 5.74) is -0.579. The maximum atomic E-state index is 11.9. The number of nitro groups is 1. The second kappa shape index (κ2) is 5.90. The minimum atomic E-state index is -0.627. The van der Waals surface area contributed by atoms with E-state index in [0.29, 0.717) is 0 Å². The van der Waals surface area contributed by atoms with Crippen LogP contribution in [-0.2, 0) is 4.74 Å². The van der Waals surface area contributed by atoms with E-state index in [0.717, 1.165) is 0 Å². The number of hydrogen-bond donors (Lipinski definition) is 0. The lowest BCUT2D eigenvalue weighted by atomic mass is 10.1. The topological polar surface area (TPSA) is 78.7 Å². The van der Waals surface area contributed by atoms with Gasteiger partial charge in [-0.15, -0.1) is 0 Å². The highest BCUT2D eigenvalue weighted by Crippen LogP contribution is 2.29. The summed E-state index contributed by atoms with van der Waals surface area (Å²) in [6, 6.07) is 3.95. The van der Waals surface area contributed by atoms with Crippen LogP contribution in [0.5, 0.6) is 5.75 Å². The van der Waals surface area contributed by atoms with Crippen molar-refractivity contribution in [2.24, 2.45) is 0 Å². The van der Waals surface area contributed by atoms with Crippen molar-refractivity contribution in [3.05, 3.63) is 33.9 Å². The Labute approximate surface area is 117 Å². The van der Waals surface area contributed by atoms with Gasteiger partial charge in [-0.3, -0.25) is 10.1 Å². The van der Waals surface area contributed by atoms with Crippen molar-refractivity contribution in [1.82, 2.24) is 0 Å². The molecule has 0 unspecified atom stereocenters. The van der Waals surface area contributed by atoms with Crippen molar-refractivity contribution in [2.45, 2.75) is 46.3 Å². The predicted molar refractivity (Wildman–Crippen MR) is 74.0 cm³/mol. The van der Waals surface area contributed by atoms with E-state index in [2.05, 4.69) is 0 Å². The number of carbonyl (C=O) groups excluding carboxylic acids is 1. The van der Waals surface area contributed by atoms with Gasteiger partial charge >= 0.3 is 11.7 Å². The van der Waals surface area contributed by atoms with Gasteiger partial charge in [0.15, 0.2) is 5.75 Å². The molecule has 0 saturated carbocycles. The van der Waals surface area contributed by atoms with Crippen LogP contribution in [0.1, 0.15) is 45.0 Å². The van der Waals surface area contributed by atoms with Crippen LogP contribution in [0.2, 0.25) is 0 Å². The zero-order valence-electron chi connectivity index (χ0n) is 12.3. The maximum Gasteiger partial charge on any atom is 0.338 e. The molecule has 20 heavy (non-hydrogen) atoms. The lowest BCUT2D eigenvalue weighted by Gasteiger charge is -2.19. The van der Waals surface area contributed by atoms with E-state index < -0.39 is 16.5 Å². The molecule has 1 aromatic rings. The SMILES string of the molecule is CC(C)Oc1cc(C(=O)OC(C)(C)C)ccc1[N+](=O)[O-]. The average molecular weight is 281 g/mol. The van der Waals surface area contributed by atoms with E-state index in [4.69, 9.17) is 9.47 Å². The van der Waals surface area contributed by atoms with Crippen LogP contribution in [-0.4, -0.2) is 22.6 Å². The lowest BCUT2D eigenvalue weighted by molar-refractivity contribution is -0.386. The number of benzene rings is 1. The molecule has 0 aliphatic rings. The molecule has 6 nitrogen and oxygen atoms in total. The van der Waals surface area contributed by atoms with E-state index in [1.807, 2.05) is 0 Å². The normalized spacial score (nSPS) is 11.3. The molecule has 0 aliphatic carbocycles. The number of carbonyl (C=O) groups is 1. The number of ether oxygens (including phenoxy) is 2. The van der Waals surface area contributed by atoms with Gasteiger partial charge < -0.3 is 9.47 Å². The molecule has 1 aromatic carbocycles. The first kappa shape index (κ1) is 15.9. The van der Waals surface area contributed by atoms with Crippen LogP contribution in [0.4, 0.5) is 5.69 Å². The molecule has 0 amide bonds. The van der Waals surface area contributed by atoms with Gasteiger partial charge in [-0.05, 0) is 40.7 Å². The fourth-order valence-electron chi connectivity index (χ4n) is 1.48. The third-order valence-corrected chi connectivity index (χ3v) is 2.15. The lowest BCUT2D eigenvalue weighted by Crippen LogP contribution is -2.24. The number of hydrogen-bond acceptors (Lipinski definition) is 5. The minimum Gasteiger partial charge on any atom is -0.484 e. The average Bonchev–Trinajstić information content (AvgIpc) is 2.25. The van der Waals surface area contributed by atoms with Crippen molar-refractivity contribution in [1.29, 1.82) is 0 Å². The molecule has 0 bridgehead atoms. The van der Waals surface area contributed by atoms with Crippen molar-refractivity contribution in [3.63, 3.8) is 0 Å². The summed E-state index contributed by atoms with van der Waals surface area (Å²) in [7, 11) is 0. The standard InChI is InChI=1S/C14H19NO5/c1-9(2)19-12-8-10(6-7-11(12)15(17)18)13(16)20-14(3,4)5/h6-9H,1-5H3. The van der Waals surface area contributed by atoms with Crippen LogP contribution >= 0.6 is 0 Å². The van der Waals surface area contributed by atoms with Gasteiger partial charge in [-0.1, -0.05) is 0 Å². The molecule has 0 atom stereocenters. The summed E-state index contributed by atoms with van der Waals surface area (Å²) in [4.78, 5) is 22.3. The van der Waals surface area contributed by atoms with Crippen LogP contribution in [0.25, 0.3) is 0 Å². The summed E-state index contributed by atoms with van der Waals surface area (Å²) < 4.78 is 10.6. The Kier molecular flexibility index (Phi) is 4.70. The van der Waals surface area contributed by atoms with Gasteiger partial charge in [0, 0.05) is 12.1 Å². The highest BCUT2D eigenvalue weighted by molar-refractivity contribution is 5.90. The molecule has 0 aliphatic heterocycles. The third-order valence-electron chi connectivity index (χ3n) is 2.15. The second-order valence-corrected chi connectivity index (χ2v) is 5.61. The first-order chi connectivity index (χ1) is 9.10. The first-order valence-electron chi connectivity index (χ1n) is 6.28. The molecule has 0 spiro atoms. The zero-order valence-corrected chi connectivity index (χ0v) is 12.3. The van der Waals surface area contributed by atoms with E-state index >= 15 is 0 Å². The minimum absolute atomic E-state index is 0.0633. The van der Waals surface area contributed by atoms with Crippen molar-refractivity contribution in [2.75, 3.05) is 0 Å². The van der Waals surface area contributed by atoms with E-state index in [1.54, 1.807) is 34.6 Å². The van der Waals surface area contributed by atoms with E-state index in [1.165, 1.54) is 18.2 Å². The molecular formula is C14H19NO5. The number of rotatable bonds is 4. The summed E-state index contributed by atoms with van der Waals surface area (Å²) in [6.07, 6.45) is -0.234. The Hall–Kier alpha value is -2.11. The number of esters is 1. The Morgan fingerprint density at radius 1 is 1.30 bits per heavy atom. The molecule has 0 heterocycles.